The third-order valence-corrected chi connectivity index (χ3v) is 3.16. The highest BCUT2D eigenvalue weighted by atomic mass is 16.5. The molecule has 0 aliphatic rings. The van der Waals surface area contributed by atoms with Gasteiger partial charge in [0, 0.05) is 6.04 Å². The van der Waals surface area contributed by atoms with Crippen LogP contribution in [0.2, 0.25) is 0 Å². The molecule has 0 saturated carbocycles. The van der Waals surface area contributed by atoms with Crippen molar-refractivity contribution in [3.63, 3.8) is 0 Å². The largest absolute Gasteiger partial charge is 0.457 e. The van der Waals surface area contributed by atoms with Crippen molar-refractivity contribution in [3.8, 4) is 11.5 Å². The van der Waals surface area contributed by atoms with E-state index < -0.39 is 0 Å². The maximum Gasteiger partial charge on any atom is 0.127 e. The van der Waals surface area contributed by atoms with E-state index in [0.29, 0.717) is 0 Å². The van der Waals surface area contributed by atoms with Gasteiger partial charge in [0.05, 0.1) is 0 Å². The highest BCUT2D eigenvalue weighted by molar-refractivity contribution is 5.33. The summed E-state index contributed by atoms with van der Waals surface area (Å²) < 4.78 is 5.75. The number of nitrogens with two attached hydrogens (primary N) is 1. The quantitative estimate of drug-likeness (QED) is 0.814. The molecule has 0 unspecified atom stereocenters. The van der Waals surface area contributed by atoms with Crippen LogP contribution in [0.5, 0.6) is 11.5 Å². The number of rotatable bonds is 6. The zero-order valence-corrected chi connectivity index (χ0v) is 11.4. The van der Waals surface area contributed by atoms with Gasteiger partial charge in [-0.25, -0.2) is 0 Å². The molecule has 2 aromatic rings. The minimum atomic E-state index is 0.130. The van der Waals surface area contributed by atoms with Crippen molar-refractivity contribution in [1.82, 2.24) is 0 Å². The molecule has 2 rings (SSSR count). The van der Waals surface area contributed by atoms with Gasteiger partial charge in [-0.15, -0.1) is 0 Å². The highest BCUT2D eigenvalue weighted by Crippen LogP contribution is 2.24. The van der Waals surface area contributed by atoms with Gasteiger partial charge in [-0.05, 0) is 36.2 Å². The van der Waals surface area contributed by atoms with Crippen molar-refractivity contribution >= 4 is 0 Å². The summed E-state index contributed by atoms with van der Waals surface area (Å²) in [5.74, 6) is 1.70. The van der Waals surface area contributed by atoms with Gasteiger partial charge in [-0.1, -0.05) is 50.1 Å². The molecule has 2 aromatic carbocycles. The first-order valence-electron chi connectivity index (χ1n) is 6.88. The average molecular weight is 255 g/mol. The van der Waals surface area contributed by atoms with Gasteiger partial charge in [-0.3, -0.25) is 0 Å². The fourth-order valence-corrected chi connectivity index (χ4v) is 2.00. The molecular formula is C17H21NO. The van der Waals surface area contributed by atoms with Crippen molar-refractivity contribution in [1.29, 1.82) is 0 Å². The molecule has 0 radical (unpaired) electrons. The Morgan fingerprint density at radius 2 is 1.58 bits per heavy atom. The molecule has 100 valence electrons. The smallest absolute Gasteiger partial charge is 0.127 e. The standard InChI is InChI=1S/C17H21NO/c1-2-3-9-17(18)14-10-12-16(13-11-14)19-15-7-5-4-6-8-15/h4-8,10-13,17H,2-3,9,18H2,1H3/t17-/m0/s1. The molecule has 0 spiro atoms. The van der Waals surface area contributed by atoms with Crippen LogP contribution in [0.3, 0.4) is 0 Å². The van der Waals surface area contributed by atoms with Crippen LogP contribution in [0.1, 0.15) is 37.8 Å². The van der Waals surface area contributed by atoms with Gasteiger partial charge in [-0.2, -0.15) is 0 Å². The zero-order valence-electron chi connectivity index (χ0n) is 11.4. The van der Waals surface area contributed by atoms with E-state index in [9.17, 15) is 0 Å². The second-order valence-electron chi connectivity index (χ2n) is 4.73. The van der Waals surface area contributed by atoms with Gasteiger partial charge in [0.1, 0.15) is 11.5 Å². The molecular weight excluding hydrogens is 234 g/mol. The van der Waals surface area contributed by atoms with Crippen LogP contribution in [-0.4, -0.2) is 0 Å². The molecule has 19 heavy (non-hydrogen) atoms. The minimum absolute atomic E-state index is 0.130. The predicted molar refractivity (Wildman–Crippen MR) is 79.4 cm³/mol. The average Bonchev–Trinajstić information content (AvgIpc) is 2.46. The molecule has 0 aliphatic heterocycles. The van der Waals surface area contributed by atoms with Gasteiger partial charge in [0.2, 0.25) is 0 Å². The summed E-state index contributed by atoms with van der Waals surface area (Å²) in [5.41, 5.74) is 7.32. The summed E-state index contributed by atoms with van der Waals surface area (Å²) >= 11 is 0. The van der Waals surface area contributed by atoms with E-state index in [-0.39, 0.29) is 6.04 Å². The SMILES string of the molecule is CCCC[C@H](N)c1ccc(Oc2ccccc2)cc1. The normalized spacial score (nSPS) is 12.1. The number of para-hydroxylation sites is 1. The Kier molecular flexibility index (Phi) is 4.99. The number of hydrogen-bond acceptors (Lipinski definition) is 2. The molecule has 1 atom stereocenters. The Balaban J connectivity index is 1.98. The molecule has 2 heteroatoms. The second-order valence-corrected chi connectivity index (χ2v) is 4.73. The van der Waals surface area contributed by atoms with Gasteiger partial charge >= 0.3 is 0 Å². The van der Waals surface area contributed by atoms with Crippen molar-refractivity contribution < 1.29 is 4.74 Å². The molecule has 2 nitrogen and oxygen atoms in total. The molecule has 0 amide bonds. The maximum atomic E-state index is 6.14. The molecule has 0 fully saturated rings. The van der Waals surface area contributed by atoms with Crippen molar-refractivity contribution in [3.05, 3.63) is 60.2 Å². The van der Waals surface area contributed by atoms with Crippen molar-refractivity contribution in [2.75, 3.05) is 0 Å². The molecule has 2 N–H and O–H groups in total. The van der Waals surface area contributed by atoms with E-state index >= 15 is 0 Å². The number of benzene rings is 2. The fraction of sp³-hybridized carbons (Fsp3) is 0.294. The summed E-state index contributed by atoms with van der Waals surface area (Å²) in [4.78, 5) is 0. The molecule has 0 aromatic heterocycles. The summed E-state index contributed by atoms with van der Waals surface area (Å²) in [6.07, 6.45) is 3.39. The monoisotopic (exact) mass is 255 g/mol. The third kappa shape index (κ3) is 4.11. The van der Waals surface area contributed by atoms with Gasteiger partial charge < -0.3 is 10.5 Å². The van der Waals surface area contributed by atoms with E-state index in [0.717, 1.165) is 17.9 Å². The third-order valence-electron chi connectivity index (χ3n) is 3.16. The number of unbranched alkanes of at least 4 members (excludes halogenated alkanes) is 1. The summed E-state index contributed by atoms with van der Waals surface area (Å²) in [6, 6.07) is 18.0. The predicted octanol–water partition coefficient (Wildman–Crippen LogP) is 4.67. The highest BCUT2D eigenvalue weighted by Gasteiger charge is 2.05. The van der Waals surface area contributed by atoms with Crippen LogP contribution in [0.15, 0.2) is 54.6 Å². The van der Waals surface area contributed by atoms with Crippen molar-refractivity contribution in [2.45, 2.75) is 32.2 Å². The van der Waals surface area contributed by atoms with Crippen LogP contribution in [0.4, 0.5) is 0 Å². The molecule has 0 bridgehead atoms. The van der Waals surface area contributed by atoms with E-state index in [2.05, 4.69) is 19.1 Å². The summed E-state index contributed by atoms with van der Waals surface area (Å²) in [5, 5.41) is 0. The molecule has 0 heterocycles. The fourth-order valence-electron chi connectivity index (χ4n) is 2.00. The van der Waals surface area contributed by atoms with Crippen LogP contribution in [-0.2, 0) is 0 Å². The summed E-state index contributed by atoms with van der Waals surface area (Å²) in [7, 11) is 0. The first kappa shape index (κ1) is 13.6. The Bertz CT molecular complexity index is 478. The van der Waals surface area contributed by atoms with E-state index in [1.807, 2.05) is 42.5 Å². The van der Waals surface area contributed by atoms with E-state index in [1.54, 1.807) is 0 Å². The lowest BCUT2D eigenvalue weighted by Gasteiger charge is -2.12. The van der Waals surface area contributed by atoms with Crippen LogP contribution < -0.4 is 10.5 Å². The Hall–Kier alpha value is -1.80. The Morgan fingerprint density at radius 1 is 0.947 bits per heavy atom. The van der Waals surface area contributed by atoms with E-state index in [4.69, 9.17) is 10.5 Å². The van der Waals surface area contributed by atoms with Crippen LogP contribution in [0, 0.1) is 0 Å². The summed E-state index contributed by atoms with van der Waals surface area (Å²) in [6.45, 7) is 2.18. The second kappa shape index (κ2) is 6.95. The maximum absolute atomic E-state index is 6.14. The van der Waals surface area contributed by atoms with Gasteiger partial charge in [0.15, 0.2) is 0 Å². The zero-order chi connectivity index (χ0) is 13.5. The lowest BCUT2D eigenvalue weighted by molar-refractivity contribution is 0.482. The van der Waals surface area contributed by atoms with Gasteiger partial charge in [0.25, 0.3) is 0 Å². The first-order valence-corrected chi connectivity index (χ1v) is 6.88. The lowest BCUT2D eigenvalue weighted by atomic mass is 10.0. The first-order chi connectivity index (χ1) is 9.29. The Labute approximate surface area is 115 Å². The topological polar surface area (TPSA) is 35.2 Å². The van der Waals surface area contributed by atoms with Crippen LogP contribution >= 0.6 is 0 Å². The van der Waals surface area contributed by atoms with Crippen LogP contribution in [0.25, 0.3) is 0 Å². The number of hydrogen-bond donors (Lipinski definition) is 1. The van der Waals surface area contributed by atoms with E-state index in [1.165, 1.54) is 18.4 Å². The molecule has 0 saturated heterocycles. The minimum Gasteiger partial charge on any atom is -0.457 e. The molecule has 0 aliphatic carbocycles. The Morgan fingerprint density at radius 3 is 2.21 bits per heavy atom. The van der Waals surface area contributed by atoms with Crippen molar-refractivity contribution in [2.24, 2.45) is 5.73 Å². The number of ether oxygens (including phenoxy) is 1. The lowest BCUT2D eigenvalue weighted by Crippen LogP contribution is -2.09.